The van der Waals surface area contributed by atoms with Gasteiger partial charge in [-0.1, -0.05) is 47.2 Å². The van der Waals surface area contributed by atoms with Gasteiger partial charge in [0.15, 0.2) is 5.82 Å². The van der Waals surface area contributed by atoms with Gasteiger partial charge in [0.25, 0.3) is 5.56 Å². The Morgan fingerprint density at radius 2 is 1.70 bits per heavy atom. The highest BCUT2D eigenvalue weighted by Gasteiger charge is 2.36. The molecule has 5 nitrogen and oxygen atoms in total. The van der Waals surface area contributed by atoms with E-state index in [9.17, 15) is 18.0 Å². The summed E-state index contributed by atoms with van der Waals surface area (Å²) >= 11 is 6.49. The maximum absolute atomic E-state index is 13.0. The van der Waals surface area contributed by atoms with Crippen molar-refractivity contribution in [1.82, 2.24) is 19.7 Å². The minimum absolute atomic E-state index is 0.0918. The first-order chi connectivity index (χ1) is 12.9. The van der Waals surface area contributed by atoms with Crippen LogP contribution in [0.1, 0.15) is 5.01 Å². The summed E-state index contributed by atoms with van der Waals surface area (Å²) in [5, 5.41) is 5.89. The minimum Gasteiger partial charge on any atom is -0.268 e. The molecule has 0 N–H and O–H groups in total. The molecule has 4 rings (SSSR count). The fraction of sp³-hybridized carbons (Fsp3) is 0.0588. The van der Waals surface area contributed by atoms with E-state index >= 15 is 0 Å². The molecule has 2 heterocycles. The lowest BCUT2D eigenvalue weighted by Gasteiger charge is -2.12. The van der Waals surface area contributed by atoms with Crippen LogP contribution in [0.2, 0.25) is 5.02 Å². The lowest BCUT2D eigenvalue weighted by molar-refractivity contribution is -0.138. The Morgan fingerprint density at radius 1 is 1.00 bits per heavy atom. The molecule has 0 atom stereocenters. The summed E-state index contributed by atoms with van der Waals surface area (Å²) in [6, 6.07) is 13.2. The molecule has 0 bridgehead atoms. The number of hydrogen-bond acceptors (Lipinski definition) is 5. The van der Waals surface area contributed by atoms with E-state index in [0.717, 1.165) is 4.57 Å². The normalized spacial score (nSPS) is 11.9. The van der Waals surface area contributed by atoms with E-state index in [1.807, 2.05) is 0 Å². The van der Waals surface area contributed by atoms with Crippen molar-refractivity contribution in [2.24, 2.45) is 0 Å². The van der Waals surface area contributed by atoms with E-state index in [1.54, 1.807) is 48.5 Å². The van der Waals surface area contributed by atoms with Gasteiger partial charge >= 0.3 is 6.18 Å². The van der Waals surface area contributed by atoms with E-state index in [4.69, 9.17) is 11.6 Å². The lowest BCUT2D eigenvalue weighted by atomic mass is 10.2. The maximum atomic E-state index is 13.0. The molecule has 27 heavy (non-hydrogen) atoms. The van der Waals surface area contributed by atoms with Crippen LogP contribution in [0, 0.1) is 0 Å². The number of halogens is 4. The van der Waals surface area contributed by atoms with E-state index in [0.29, 0.717) is 16.1 Å². The molecule has 2 aromatic carbocycles. The van der Waals surface area contributed by atoms with Crippen LogP contribution in [0.4, 0.5) is 13.2 Å². The molecule has 0 radical (unpaired) electrons. The zero-order valence-electron chi connectivity index (χ0n) is 13.2. The third-order valence-corrected chi connectivity index (χ3v) is 5.02. The van der Waals surface area contributed by atoms with E-state index in [1.165, 1.54) is 0 Å². The van der Waals surface area contributed by atoms with E-state index < -0.39 is 16.7 Å². The van der Waals surface area contributed by atoms with Crippen molar-refractivity contribution < 1.29 is 13.2 Å². The van der Waals surface area contributed by atoms with Gasteiger partial charge in [0.2, 0.25) is 10.1 Å². The molecule has 0 spiro atoms. The highest BCUT2D eigenvalue weighted by atomic mass is 35.5. The summed E-state index contributed by atoms with van der Waals surface area (Å²) in [6.07, 6.45) is -4.66. The largest absolute Gasteiger partial charge is 0.445 e. The van der Waals surface area contributed by atoms with Gasteiger partial charge in [0.05, 0.1) is 15.9 Å². The van der Waals surface area contributed by atoms with Crippen molar-refractivity contribution in [2.75, 3.05) is 0 Å². The van der Waals surface area contributed by atoms with Crippen molar-refractivity contribution >= 4 is 33.8 Å². The Kier molecular flexibility index (Phi) is 4.20. The summed E-state index contributed by atoms with van der Waals surface area (Å²) in [6.45, 7) is 0. The highest BCUT2D eigenvalue weighted by Crippen LogP contribution is 2.34. The van der Waals surface area contributed by atoms with Gasteiger partial charge in [-0.3, -0.25) is 4.79 Å². The molecule has 0 unspecified atom stereocenters. The second kappa shape index (κ2) is 6.43. The molecule has 0 fully saturated rings. The average Bonchev–Trinajstić information content (AvgIpc) is 3.12. The topological polar surface area (TPSA) is 60.7 Å². The Hall–Kier alpha value is -2.78. The number of benzene rings is 2. The Morgan fingerprint density at radius 3 is 2.41 bits per heavy atom. The third kappa shape index (κ3) is 3.08. The first-order valence-electron chi connectivity index (χ1n) is 7.54. The average molecular weight is 409 g/mol. The monoisotopic (exact) mass is 408 g/mol. The molecule has 0 aliphatic heterocycles. The van der Waals surface area contributed by atoms with Gasteiger partial charge in [-0.05, 0) is 24.3 Å². The van der Waals surface area contributed by atoms with Crippen LogP contribution in [0.3, 0.4) is 0 Å². The molecule has 0 aliphatic rings. The van der Waals surface area contributed by atoms with Crippen molar-refractivity contribution in [3.8, 4) is 16.5 Å². The predicted octanol–water partition coefficient (Wildman–Crippen LogP) is 4.58. The Balaban J connectivity index is 2.08. The molecule has 0 amide bonds. The summed E-state index contributed by atoms with van der Waals surface area (Å²) in [5.74, 6) is 0.0918. The third-order valence-electron chi connectivity index (χ3n) is 3.74. The van der Waals surface area contributed by atoms with Crippen molar-refractivity contribution in [3.63, 3.8) is 0 Å². The minimum atomic E-state index is -4.66. The molecule has 4 aromatic rings. The Bertz CT molecular complexity index is 1220. The van der Waals surface area contributed by atoms with Gasteiger partial charge < -0.3 is 0 Å². The smallest absolute Gasteiger partial charge is 0.268 e. The summed E-state index contributed by atoms with van der Waals surface area (Å²) < 4.78 is 39.8. The van der Waals surface area contributed by atoms with Crippen LogP contribution in [0.5, 0.6) is 0 Å². The molecular formula is C17H8ClF3N4OS. The second-order valence-electron chi connectivity index (χ2n) is 5.46. The summed E-state index contributed by atoms with van der Waals surface area (Å²) in [4.78, 5) is 17.5. The van der Waals surface area contributed by atoms with Gasteiger partial charge in [-0.2, -0.15) is 13.2 Å². The predicted molar refractivity (Wildman–Crippen MR) is 96.3 cm³/mol. The molecule has 0 aliphatic carbocycles. The quantitative estimate of drug-likeness (QED) is 0.487. The lowest BCUT2D eigenvalue weighted by Crippen LogP contribution is -2.22. The number of fused-ring (bicyclic) bond motifs is 1. The van der Waals surface area contributed by atoms with Crippen LogP contribution in [-0.4, -0.2) is 19.7 Å². The van der Waals surface area contributed by atoms with Crippen molar-refractivity contribution in [3.05, 3.63) is 68.9 Å². The maximum Gasteiger partial charge on any atom is 0.445 e. The van der Waals surface area contributed by atoms with Gasteiger partial charge in [-0.25, -0.2) is 9.55 Å². The number of para-hydroxylation sites is 1. The molecule has 0 saturated carbocycles. The fourth-order valence-electron chi connectivity index (χ4n) is 2.55. The van der Waals surface area contributed by atoms with Crippen LogP contribution in [0.15, 0.2) is 53.3 Å². The molecule has 10 heteroatoms. The standard InChI is InChI=1S/C17H8ClF3N4OS/c18-11-7-3-1-5-9(11)13-22-12-8-4-2-6-10(12)14(26)25(13)16-24-23-15(27-16)17(19,20)21/h1-8H. The van der Waals surface area contributed by atoms with Crippen LogP contribution < -0.4 is 5.56 Å². The first kappa shape index (κ1) is 17.6. The summed E-state index contributed by atoms with van der Waals surface area (Å²) in [7, 11) is 0. The number of rotatable bonds is 2. The van der Waals surface area contributed by atoms with Gasteiger partial charge in [0.1, 0.15) is 0 Å². The highest BCUT2D eigenvalue weighted by molar-refractivity contribution is 7.13. The van der Waals surface area contributed by atoms with Crippen molar-refractivity contribution in [2.45, 2.75) is 6.18 Å². The molecule has 2 aromatic heterocycles. The molecule has 0 saturated heterocycles. The number of hydrogen-bond donors (Lipinski definition) is 0. The van der Waals surface area contributed by atoms with Crippen LogP contribution in [-0.2, 0) is 6.18 Å². The number of aromatic nitrogens is 4. The SMILES string of the molecule is O=c1c2ccccc2nc(-c2ccccc2Cl)n1-c1nnc(C(F)(F)F)s1. The van der Waals surface area contributed by atoms with Crippen LogP contribution in [0.25, 0.3) is 27.4 Å². The van der Waals surface area contributed by atoms with E-state index in [-0.39, 0.29) is 27.7 Å². The molecule has 136 valence electrons. The van der Waals surface area contributed by atoms with E-state index in [2.05, 4.69) is 15.2 Å². The fourth-order valence-corrected chi connectivity index (χ4v) is 3.49. The summed E-state index contributed by atoms with van der Waals surface area (Å²) in [5.41, 5.74) is 0.236. The zero-order valence-corrected chi connectivity index (χ0v) is 14.8. The number of alkyl halides is 3. The molecular weight excluding hydrogens is 401 g/mol. The zero-order chi connectivity index (χ0) is 19.2. The van der Waals surface area contributed by atoms with Crippen molar-refractivity contribution in [1.29, 1.82) is 0 Å². The van der Waals surface area contributed by atoms with Gasteiger partial charge in [-0.15, -0.1) is 10.2 Å². The Labute approximate surface area is 158 Å². The van der Waals surface area contributed by atoms with Gasteiger partial charge in [0, 0.05) is 5.56 Å². The number of nitrogens with zero attached hydrogens (tertiary/aromatic N) is 4. The van der Waals surface area contributed by atoms with Crippen LogP contribution >= 0.6 is 22.9 Å². The second-order valence-corrected chi connectivity index (χ2v) is 6.82. The first-order valence-corrected chi connectivity index (χ1v) is 8.73.